The molecule has 0 spiro atoms. The molecule has 0 radical (unpaired) electrons. The number of hydrogen-bond acceptors (Lipinski definition) is 8. The summed E-state index contributed by atoms with van der Waals surface area (Å²) in [5.74, 6) is 1.40. The molecule has 1 N–H and O–H groups in total. The van der Waals surface area contributed by atoms with E-state index in [0.717, 1.165) is 63.4 Å². The maximum Gasteiger partial charge on any atom is 0.413 e. The molecular formula is C31H45N5O4. The van der Waals surface area contributed by atoms with Gasteiger partial charge in [-0.05, 0) is 82.4 Å². The van der Waals surface area contributed by atoms with E-state index in [-0.39, 0.29) is 6.79 Å². The van der Waals surface area contributed by atoms with E-state index in [4.69, 9.17) is 14.2 Å². The molecule has 1 amide bonds. The second-order valence-corrected chi connectivity index (χ2v) is 10.4. The summed E-state index contributed by atoms with van der Waals surface area (Å²) in [7, 11) is 1.79. The predicted octanol–water partition coefficient (Wildman–Crippen LogP) is 4.87. The molecule has 2 aromatic carbocycles. The zero-order valence-corrected chi connectivity index (χ0v) is 24.6. The van der Waals surface area contributed by atoms with E-state index in [1.165, 1.54) is 22.4 Å². The smallest absolute Gasteiger partial charge is 0.413 e. The fourth-order valence-electron chi connectivity index (χ4n) is 5.14. The van der Waals surface area contributed by atoms with E-state index < -0.39 is 6.09 Å². The van der Waals surface area contributed by atoms with Crippen LogP contribution in [0, 0.1) is 13.8 Å². The van der Waals surface area contributed by atoms with Crippen LogP contribution in [0.5, 0.6) is 5.75 Å². The Morgan fingerprint density at radius 2 is 1.88 bits per heavy atom. The SMILES string of the molecule is CCN(CNC)C(=O)OCOC1=Nc2cc(OCCCCN3CCN(c4cccc(C)c4C)CC3)ccc2CC1. The number of piperazine rings is 1. The number of aliphatic imine (C=N–C) groups is 1. The van der Waals surface area contributed by atoms with Crippen molar-refractivity contribution in [3.05, 3.63) is 53.1 Å². The number of unbranched alkanes of at least 4 members (excludes halogenated alkanes) is 1. The summed E-state index contributed by atoms with van der Waals surface area (Å²) >= 11 is 0. The molecule has 0 saturated carbocycles. The van der Waals surface area contributed by atoms with Crippen LogP contribution >= 0.6 is 0 Å². The van der Waals surface area contributed by atoms with Gasteiger partial charge < -0.3 is 24.4 Å². The average Bonchev–Trinajstić information content (AvgIpc) is 2.97. The molecular weight excluding hydrogens is 506 g/mol. The van der Waals surface area contributed by atoms with Crippen LogP contribution in [-0.4, -0.2) is 88.2 Å². The third kappa shape index (κ3) is 8.11. The molecule has 0 bridgehead atoms. The minimum Gasteiger partial charge on any atom is -0.494 e. The largest absolute Gasteiger partial charge is 0.494 e. The number of aryl methyl sites for hydroxylation is 2. The lowest BCUT2D eigenvalue weighted by Crippen LogP contribution is -2.46. The van der Waals surface area contributed by atoms with Crippen molar-refractivity contribution in [1.82, 2.24) is 15.1 Å². The van der Waals surface area contributed by atoms with Crippen LogP contribution in [0.25, 0.3) is 0 Å². The number of carbonyl (C=O) groups excluding carboxylic acids is 1. The molecule has 1 fully saturated rings. The molecule has 9 nitrogen and oxygen atoms in total. The molecule has 0 aromatic heterocycles. The Hall–Kier alpha value is -3.30. The van der Waals surface area contributed by atoms with Crippen molar-refractivity contribution < 1.29 is 19.0 Å². The van der Waals surface area contributed by atoms with Gasteiger partial charge in [0.05, 0.1) is 19.0 Å². The lowest BCUT2D eigenvalue weighted by atomic mass is 10.0. The fraction of sp³-hybridized carbons (Fsp3) is 0.548. The maximum atomic E-state index is 12.1. The summed E-state index contributed by atoms with van der Waals surface area (Å²) < 4.78 is 16.9. The second-order valence-electron chi connectivity index (χ2n) is 10.4. The molecule has 40 heavy (non-hydrogen) atoms. The standard InChI is InChI=1S/C31H45N5O4/c1-5-35(22-32-4)31(37)40-23-39-30-14-12-26-11-13-27(21-28(26)33-30)38-20-7-6-15-34-16-18-36(19-17-34)29-10-8-9-24(2)25(29)3/h8-11,13,21,32H,5-7,12,14-20,22-23H2,1-4H3. The number of nitrogens with one attached hydrogen (secondary N) is 1. The van der Waals surface area contributed by atoms with Gasteiger partial charge >= 0.3 is 6.09 Å². The van der Waals surface area contributed by atoms with Crippen molar-refractivity contribution >= 4 is 23.4 Å². The van der Waals surface area contributed by atoms with Gasteiger partial charge in [0.25, 0.3) is 0 Å². The number of amides is 1. The minimum absolute atomic E-state index is 0.149. The first-order valence-electron chi connectivity index (χ1n) is 14.5. The van der Waals surface area contributed by atoms with E-state index in [1.807, 2.05) is 19.1 Å². The zero-order valence-electron chi connectivity index (χ0n) is 24.6. The van der Waals surface area contributed by atoms with Gasteiger partial charge in [0.2, 0.25) is 6.79 Å². The first-order valence-corrected chi connectivity index (χ1v) is 14.5. The average molecular weight is 552 g/mol. The molecule has 1 saturated heterocycles. The third-order valence-corrected chi connectivity index (χ3v) is 7.73. The monoisotopic (exact) mass is 551 g/mol. The number of fused-ring (bicyclic) bond motifs is 1. The van der Waals surface area contributed by atoms with Crippen LogP contribution in [-0.2, 0) is 15.9 Å². The van der Waals surface area contributed by atoms with Gasteiger partial charge in [-0.3, -0.25) is 9.80 Å². The van der Waals surface area contributed by atoms with Crippen molar-refractivity contribution in [2.45, 2.75) is 46.5 Å². The van der Waals surface area contributed by atoms with Crippen molar-refractivity contribution in [2.24, 2.45) is 4.99 Å². The van der Waals surface area contributed by atoms with Crippen molar-refractivity contribution in [3.63, 3.8) is 0 Å². The van der Waals surface area contributed by atoms with Crippen molar-refractivity contribution in [1.29, 1.82) is 0 Å². The molecule has 2 aliphatic rings. The first kappa shape index (κ1) is 29.7. The quantitative estimate of drug-likeness (QED) is 0.298. The third-order valence-electron chi connectivity index (χ3n) is 7.73. The molecule has 4 rings (SSSR count). The summed E-state index contributed by atoms with van der Waals surface area (Å²) in [4.78, 5) is 23.4. The van der Waals surface area contributed by atoms with E-state index in [1.54, 1.807) is 11.9 Å². The number of benzene rings is 2. The summed E-state index contributed by atoms with van der Waals surface area (Å²) in [6.07, 6.45) is 3.23. The summed E-state index contributed by atoms with van der Waals surface area (Å²) in [6, 6.07) is 12.7. The van der Waals surface area contributed by atoms with Gasteiger partial charge in [-0.1, -0.05) is 18.2 Å². The molecule has 0 unspecified atom stereocenters. The highest BCUT2D eigenvalue weighted by molar-refractivity contribution is 5.82. The molecule has 218 valence electrons. The summed E-state index contributed by atoms with van der Waals surface area (Å²) in [5, 5.41) is 2.95. The predicted molar refractivity (Wildman–Crippen MR) is 160 cm³/mol. The molecule has 0 atom stereocenters. The second kappa shape index (κ2) is 14.9. The molecule has 2 heterocycles. The highest BCUT2D eigenvalue weighted by Crippen LogP contribution is 2.30. The normalized spacial score (nSPS) is 15.3. The fourth-order valence-corrected chi connectivity index (χ4v) is 5.14. The van der Waals surface area contributed by atoms with Gasteiger partial charge in [-0.25, -0.2) is 9.79 Å². The lowest BCUT2D eigenvalue weighted by molar-refractivity contribution is 0.0275. The summed E-state index contributed by atoms with van der Waals surface area (Å²) in [6.45, 7) is 13.3. The molecule has 2 aromatic rings. The van der Waals surface area contributed by atoms with Gasteiger partial charge in [0.15, 0.2) is 5.90 Å². The minimum atomic E-state index is -0.413. The van der Waals surface area contributed by atoms with E-state index in [0.29, 0.717) is 32.1 Å². The number of rotatable bonds is 12. The first-order chi connectivity index (χ1) is 19.5. The van der Waals surface area contributed by atoms with E-state index in [2.05, 4.69) is 58.2 Å². The number of hydrogen-bond donors (Lipinski definition) is 1. The Morgan fingerprint density at radius 3 is 2.65 bits per heavy atom. The molecule has 2 aliphatic heterocycles. The van der Waals surface area contributed by atoms with Gasteiger partial charge in [0, 0.05) is 50.9 Å². The molecule has 0 aliphatic carbocycles. The van der Waals surface area contributed by atoms with Gasteiger partial charge in [-0.2, -0.15) is 0 Å². The molecule has 9 heteroatoms. The summed E-state index contributed by atoms with van der Waals surface area (Å²) in [5.41, 5.74) is 6.17. The van der Waals surface area contributed by atoms with Crippen LogP contribution in [0.2, 0.25) is 0 Å². The topological polar surface area (TPSA) is 78.9 Å². The number of carbonyl (C=O) groups is 1. The van der Waals surface area contributed by atoms with Gasteiger partial charge in [0.1, 0.15) is 5.75 Å². The highest BCUT2D eigenvalue weighted by Gasteiger charge is 2.19. The number of nitrogens with zero attached hydrogens (tertiary/aromatic N) is 4. The maximum absolute atomic E-state index is 12.1. The van der Waals surface area contributed by atoms with Crippen LogP contribution in [0.1, 0.15) is 42.9 Å². The van der Waals surface area contributed by atoms with Crippen molar-refractivity contribution in [3.8, 4) is 5.75 Å². The number of anilines is 1. The van der Waals surface area contributed by atoms with Crippen LogP contribution in [0.4, 0.5) is 16.2 Å². The Morgan fingerprint density at radius 1 is 1.05 bits per heavy atom. The van der Waals surface area contributed by atoms with E-state index in [9.17, 15) is 4.79 Å². The zero-order chi connectivity index (χ0) is 28.3. The van der Waals surface area contributed by atoms with Crippen LogP contribution in [0.15, 0.2) is 41.4 Å². The van der Waals surface area contributed by atoms with E-state index >= 15 is 0 Å². The van der Waals surface area contributed by atoms with Crippen LogP contribution in [0.3, 0.4) is 0 Å². The highest BCUT2D eigenvalue weighted by atomic mass is 16.7. The number of ether oxygens (including phenoxy) is 3. The Balaban J connectivity index is 1.15. The van der Waals surface area contributed by atoms with Crippen LogP contribution < -0.4 is 15.0 Å². The Kier molecular flexibility index (Phi) is 11.1. The Labute approximate surface area is 239 Å². The van der Waals surface area contributed by atoms with Gasteiger partial charge in [-0.15, -0.1) is 0 Å². The lowest BCUT2D eigenvalue weighted by Gasteiger charge is -2.37. The van der Waals surface area contributed by atoms with Crippen molar-refractivity contribution in [2.75, 3.05) is 71.3 Å². The Bertz CT molecular complexity index is 1150.